The zero-order valence-corrected chi connectivity index (χ0v) is 28.5. The number of nitrogens with zero attached hydrogens (tertiary/aromatic N) is 4. The predicted octanol–water partition coefficient (Wildman–Crippen LogP) is 2.73. The van der Waals surface area contributed by atoms with Crippen molar-refractivity contribution in [3.63, 3.8) is 0 Å². The van der Waals surface area contributed by atoms with Crippen molar-refractivity contribution in [2.45, 2.75) is 78.7 Å². The molecule has 1 unspecified atom stereocenters. The van der Waals surface area contributed by atoms with Crippen LogP contribution < -0.4 is 20.6 Å². The van der Waals surface area contributed by atoms with E-state index in [-0.39, 0.29) is 37.1 Å². The quantitative estimate of drug-likeness (QED) is 0.143. The number of rotatable bonds is 14. The number of aliphatic hydroxyl groups is 1. The molecule has 1 aliphatic heterocycles. The number of methoxy groups -OCH3 is 1. The van der Waals surface area contributed by atoms with Crippen molar-refractivity contribution >= 4 is 36.7 Å². The van der Waals surface area contributed by atoms with Crippen LogP contribution in [-0.4, -0.2) is 81.2 Å². The summed E-state index contributed by atoms with van der Waals surface area (Å²) in [6, 6.07) is 6.87. The Morgan fingerprint density at radius 3 is 2.36 bits per heavy atom. The van der Waals surface area contributed by atoms with E-state index in [0.717, 1.165) is 5.56 Å². The van der Waals surface area contributed by atoms with E-state index >= 15 is 0 Å². The minimum atomic E-state index is -4.20. The predicted molar refractivity (Wildman–Crippen MR) is 171 cm³/mol. The molecule has 0 saturated carbocycles. The Bertz CT molecular complexity index is 1580. The topological polar surface area (TPSA) is 211 Å². The van der Waals surface area contributed by atoms with Crippen LogP contribution in [0.25, 0.3) is 11.2 Å². The van der Waals surface area contributed by atoms with E-state index < -0.39 is 56.0 Å². The number of fused-ring (bicyclic) bond motifs is 1. The maximum Gasteiger partial charge on any atom is 0.342 e. The lowest BCUT2D eigenvalue weighted by Crippen LogP contribution is -2.43. The summed E-state index contributed by atoms with van der Waals surface area (Å²) >= 11 is 0. The molecule has 16 nitrogen and oxygen atoms in total. The van der Waals surface area contributed by atoms with E-state index in [1.54, 1.807) is 23.6 Å². The Kier molecular flexibility index (Phi) is 11.6. The first-order valence-electron chi connectivity index (χ1n) is 15.2. The fraction of sp³-hybridized carbons (Fsp3) is 0.567. The average molecular weight is 678 g/mol. The molecule has 1 aliphatic rings. The lowest BCUT2D eigenvalue weighted by molar-refractivity contribution is -0.148. The maximum atomic E-state index is 14.2. The Morgan fingerprint density at radius 1 is 1.11 bits per heavy atom. The van der Waals surface area contributed by atoms with E-state index in [4.69, 9.17) is 29.2 Å². The molecule has 17 heteroatoms. The summed E-state index contributed by atoms with van der Waals surface area (Å²) in [4.78, 5) is 38.2. The monoisotopic (exact) mass is 677 g/mol. The number of aliphatic hydroxyl groups excluding tert-OH is 1. The number of anilines is 1. The molecule has 5 N–H and O–H groups in total. The fourth-order valence-corrected chi connectivity index (χ4v) is 6.57. The number of nitrogen functional groups attached to an aromatic ring is 1. The molecular formula is C30H44N7O9P. The zero-order valence-electron chi connectivity index (χ0n) is 27.6. The van der Waals surface area contributed by atoms with Crippen LogP contribution in [0.2, 0.25) is 0 Å². The van der Waals surface area contributed by atoms with Crippen molar-refractivity contribution in [3.8, 4) is 5.88 Å². The Balaban J connectivity index is 1.49. The Morgan fingerprint density at radius 2 is 1.74 bits per heavy atom. The normalized spacial score (nSPS) is 22.4. The molecule has 3 aromatic rings. The summed E-state index contributed by atoms with van der Waals surface area (Å²) in [5.41, 5.74) is 7.02. The number of benzene rings is 1. The minimum Gasteiger partial charge on any atom is -0.479 e. The molecule has 47 heavy (non-hydrogen) atoms. The first-order chi connectivity index (χ1) is 22.1. The van der Waals surface area contributed by atoms with Crippen molar-refractivity contribution in [2.24, 2.45) is 11.3 Å². The van der Waals surface area contributed by atoms with Crippen LogP contribution in [0.4, 0.5) is 5.95 Å². The molecule has 0 radical (unpaired) electrons. The van der Waals surface area contributed by atoms with Gasteiger partial charge >= 0.3 is 19.6 Å². The fourth-order valence-electron chi connectivity index (χ4n) is 4.75. The van der Waals surface area contributed by atoms with E-state index in [2.05, 4.69) is 25.1 Å². The zero-order chi connectivity index (χ0) is 34.5. The highest BCUT2D eigenvalue weighted by Gasteiger charge is 2.44. The van der Waals surface area contributed by atoms with Gasteiger partial charge < -0.3 is 34.3 Å². The van der Waals surface area contributed by atoms with Crippen LogP contribution in [0.15, 0.2) is 36.7 Å². The van der Waals surface area contributed by atoms with Gasteiger partial charge in [0.25, 0.3) is 0 Å². The van der Waals surface area contributed by atoms with Gasteiger partial charge in [0.2, 0.25) is 11.8 Å². The molecule has 0 spiro atoms. The van der Waals surface area contributed by atoms with Gasteiger partial charge in [0, 0.05) is 5.92 Å². The largest absolute Gasteiger partial charge is 0.479 e. The highest BCUT2D eigenvalue weighted by Crippen LogP contribution is 2.43. The van der Waals surface area contributed by atoms with Crippen molar-refractivity contribution in [2.75, 3.05) is 26.1 Å². The molecular weight excluding hydrogens is 633 g/mol. The van der Waals surface area contributed by atoms with Crippen LogP contribution in [0.5, 0.6) is 5.88 Å². The third-order valence-corrected chi connectivity index (χ3v) is 9.25. The van der Waals surface area contributed by atoms with Crippen LogP contribution >= 0.6 is 7.67 Å². The van der Waals surface area contributed by atoms with Gasteiger partial charge in [-0.25, -0.2) is 15.2 Å². The molecule has 7 atom stereocenters. The first kappa shape index (κ1) is 36.2. The van der Waals surface area contributed by atoms with E-state index in [1.807, 2.05) is 39.0 Å². The van der Waals surface area contributed by atoms with Crippen LogP contribution in [0, 0.1) is 11.3 Å². The van der Waals surface area contributed by atoms with Gasteiger partial charge in [-0.3, -0.25) is 18.7 Å². The van der Waals surface area contributed by atoms with Gasteiger partial charge in [0.05, 0.1) is 32.8 Å². The number of hydrogen-bond acceptors (Lipinski definition) is 13. The Labute approximate surface area is 273 Å². The molecule has 2 aromatic heterocycles. The molecule has 0 amide bonds. The number of imidazole rings is 1. The molecule has 258 valence electrons. The second-order valence-corrected chi connectivity index (χ2v) is 14.5. The second kappa shape index (κ2) is 15.0. The Hall–Kier alpha value is -3.66. The SMILES string of the molecule is COc1nc(N)nc2c1ncn2[C@@H]1O[C@H](COP(=O)(N[C@@H](C)C(=O)OCc2ccccc2)N[C@@H](C)C(=O)OCC(C)(C)C)[C@@H](O)[C@@H]1C. The maximum absolute atomic E-state index is 14.2. The van der Waals surface area contributed by atoms with Crippen LogP contribution in [0.1, 0.15) is 53.3 Å². The highest BCUT2D eigenvalue weighted by molar-refractivity contribution is 7.54. The number of aromatic nitrogens is 4. The molecule has 3 heterocycles. The lowest BCUT2D eigenvalue weighted by Gasteiger charge is -2.28. The summed E-state index contributed by atoms with van der Waals surface area (Å²) in [7, 11) is -2.77. The molecule has 1 aromatic carbocycles. The van der Waals surface area contributed by atoms with Crippen molar-refractivity contribution in [1.29, 1.82) is 0 Å². The van der Waals surface area contributed by atoms with Gasteiger partial charge in [-0.05, 0) is 24.8 Å². The van der Waals surface area contributed by atoms with Gasteiger partial charge in [0.1, 0.15) is 31.0 Å². The van der Waals surface area contributed by atoms with Gasteiger partial charge in [0.15, 0.2) is 11.2 Å². The standard InChI is InChI=1S/C30H44N7O9P/c1-17-23(38)21(46-26(17)37-16-32-22-24(37)33-29(31)34-25(22)42-7)14-45-47(41,36-19(3)28(40)44-15-30(4,5)6)35-18(2)27(39)43-13-20-11-9-8-10-12-20/h8-12,16-19,21,23,26,38H,13-15H2,1-7H3,(H2,31,33,34)(H2,35,36,41)/t17-,18-,19-,21+,23-,26+,47?/m0/s1. The number of nitrogens with one attached hydrogen (secondary N) is 2. The summed E-state index contributed by atoms with van der Waals surface area (Å²) in [5, 5.41) is 16.4. The molecule has 4 rings (SSSR count). The average Bonchev–Trinajstić information content (AvgIpc) is 3.56. The third kappa shape index (κ3) is 9.24. The van der Waals surface area contributed by atoms with Crippen molar-refractivity contribution < 1.29 is 42.7 Å². The van der Waals surface area contributed by atoms with Crippen molar-refractivity contribution in [3.05, 3.63) is 42.2 Å². The van der Waals surface area contributed by atoms with Crippen LogP contribution in [-0.2, 0) is 39.5 Å². The second-order valence-electron chi connectivity index (χ2n) is 12.6. The lowest BCUT2D eigenvalue weighted by atomic mass is 9.99. The molecule has 1 fully saturated rings. The third-order valence-electron chi connectivity index (χ3n) is 7.28. The number of esters is 2. The first-order valence-corrected chi connectivity index (χ1v) is 16.8. The molecule has 1 saturated heterocycles. The van der Waals surface area contributed by atoms with Gasteiger partial charge in [-0.1, -0.05) is 58.0 Å². The molecule has 0 aliphatic carbocycles. The highest BCUT2D eigenvalue weighted by atomic mass is 31.2. The number of carbonyl (C=O) groups excluding carboxylic acids is 2. The summed E-state index contributed by atoms with van der Waals surface area (Å²) in [6.45, 7) is 10.1. The summed E-state index contributed by atoms with van der Waals surface area (Å²) in [5.74, 6) is -1.72. The van der Waals surface area contributed by atoms with E-state index in [0.29, 0.717) is 11.2 Å². The molecule has 0 bridgehead atoms. The summed E-state index contributed by atoms with van der Waals surface area (Å²) < 4.78 is 43.8. The van der Waals surface area contributed by atoms with Gasteiger partial charge in [-0.2, -0.15) is 9.97 Å². The number of nitrogens with two attached hydrogens (primary N) is 1. The number of carbonyl (C=O) groups is 2. The number of hydrogen-bond donors (Lipinski definition) is 4. The van der Waals surface area contributed by atoms with Crippen molar-refractivity contribution in [1.82, 2.24) is 29.7 Å². The van der Waals surface area contributed by atoms with Crippen LogP contribution in [0.3, 0.4) is 0 Å². The van der Waals surface area contributed by atoms with Gasteiger partial charge in [-0.15, -0.1) is 0 Å². The summed E-state index contributed by atoms with van der Waals surface area (Å²) in [6.07, 6.45) is -1.34. The minimum absolute atomic E-state index is 0.00652. The smallest absolute Gasteiger partial charge is 0.342 e. The van der Waals surface area contributed by atoms with E-state index in [9.17, 15) is 19.3 Å². The number of ether oxygens (including phenoxy) is 4. The van der Waals surface area contributed by atoms with E-state index in [1.165, 1.54) is 27.3 Å².